The van der Waals surface area contributed by atoms with E-state index in [1.165, 1.54) is 24.0 Å². The number of aryl methyl sites for hydroxylation is 2. The van der Waals surface area contributed by atoms with Gasteiger partial charge in [0.2, 0.25) is 0 Å². The Hall–Kier alpha value is -3.06. The molecule has 3 rings (SSSR count). The van der Waals surface area contributed by atoms with Gasteiger partial charge in [0, 0.05) is 12.6 Å². The predicted molar refractivity (Wildman–Crippen MR) is 108 cm³/mol. The van der Waals surface area contributed by atoms with Gasteiger partial charge in [-0.2, -0.15) is 0 Å². The molecular weight excluding hydrogens is 374 g/mol. The van der Waals surface area contributed by atoms with Gasteiger partial charge in [-0.05, 0) is 55.8 Å². The van der Waals surface area contributed by atoms with Crippen molar-refractivity contribution in [3.8, 4) is 11.5 Å². The van der Waals surface area contributed by atoms with Crippen LogP contribution in [0.4, 0.5) is 0 Å². The predicted octanol–water partition coefficient (Wildman–Crippen LogP) is 2.85. The topological polar surface area (TPSA) is 116 Å². The van der Waals surface area contributed by atoms with E-state index in [4.69, 9.17) is 24.5 Å². The van der Waals surface area contributed by atoms with Gasteiger partial charge in [0.15, 0.2) is 0 Å². The van der Waals surface area contributed by atoms with Crippen LogP contribution in [0, 0.1) is 0 Å². The smallest absolute Gasteiger partial charge is 0.414 e. The minimum Gasteiger partial charge on any atom is -0.508 e. The molecule has 7 heteroatoms. The van der Waals surface area contributed by atoms with Crippen LogP contribution in [0.2, 0.25) is 0 Å². The summed E-state index contributed by atoms with van der Waals surface area (Å²) < 4.78 is 5.97. The third-order valence-corrected chi connectivity index (χ3v) is 4.55. The number of aliphatic carboxylic acids is 2. The lowest BCUT2D eigenvalue weighted by Crippen LogP contribution is -2.34. The molecule has 0 radical (unpaired) electrons. The Morgan fingerprint density at radius 3 is 2.45 bits per heavy atom. The number of unbranched alkanes of at least 4 members (excludes halogenated alkanes) is 1. The van der Waals surface area contributed by atoms with Gasteiger partial charge in [0.1, 0.15) is 17.6 Å². The first-order valence-electron chi connectivity index (χ1n) is 9.65. The molecule has 0 saturated heterocycles. The fourth-order valence-corrected chi connectivity index (χ4v) is 3.05. The van der Waals surface area contributed by atoms with E-state index in [9.17, 15) is 5.11 Å². The molecule has 0 saturated carbocycles. The number of nitrogens with one attached hydrogen (secondary N) is 1. The van der Waals surface area contributed by atoms with Crippen LogP contribution in [0.1, 0.15) is 30.4 Å². The molecule has 0 fully saturated rings. The van der Waals surface area contributed by atoms with E-state index in [0.29, 0.717) is 0 Å². The molecule has 0 bridgehead atoms. The number of rotatable bonds is 7. The van der Waals surface area contributed by atoms with Crippen LogP contribution < -0.4 is 10.1 Å². The molecule has 4 N–H and O–H groups in total. The van der Waals surface area contributed by atoms with Crippen molar-refractivity contribution in [1.29, 1.82) is 0 Å². The van der Waals surface area contributed by atoms with E-state index in [1.54, 1.807) is 12.1 Å². The SMILES string of the molecule is O=C(O)C(=O)O.Oc1ccc2c(c1)O[C@@H](CNCCCCc1ccccc1)CC2. The van der Waals surface area contributed by atoms with Crippen molar-refractivity contribution >= 4 is 11.9 Å². The summed E-state index contributed by atoms with van der Waals surface area (Å²) in [5.41, 5.74) is 2.61. The molecular formula is C22H27NO6. The van der Waals surface area contributed by atoms with E-state index < -0.39 is 11.9 Å². The number of ether oxygens (including phenoxy) is 1. The average Bonchev–Trinajstić information content (AvgIpc) is 2.71. The van der Waals surface area contributed by atoms with Crippen molar-refractivity contribution in [3.05, 3.63) is 59.7 Å². The highest BCUT2D eigenvalue weighted by molar-refractivity contribution is 6.27. The van der Waals surface area contributed by atoms with Gasteiger partial charge in [-0.25, -0.2) is 9.59 Å². The number of aromatic hydroxyl groups is 1. The number of carbonyl (C=O) groups is 2. The number of hydrogen-bond donors (Lipinski definition) is 4. The molecule has 29 heavy (non-hydrogen) atoms. The molecule has 0 amide bonds. The minimum atomic E-state index is -1.82. The quantitative estimate of drug-likeness (QED) is 0.416. The second-order valence-corrected chi connectivity index (χ2v) is 6.83. The first kappa shape index (κ1) is 22.2. The van der Waals surface area contributed by atoms with Crippen molar-refractivity contribution in [1.82, 2.24) is 5.32 Å². The second kappa shape index (κ2) is 11.7. The maximum atomic E-state index is 9.55. The van der Waals surface area contributed by atoms with E-state index >= 15 is 0 Å². The van der Waals surface area contributed by atoms with Crippen LogP contribution in [0.25, 0.3) is 0 Å². The van der Waals surface area contributed by atoms with Crippen LogP contribution in [0.3, 0.4) is 0 Å². The molecule has 1 heterocycles. The summed E-state index contributed by atoms with van der Waals surface area (Å²) in [4.78, 5) is 18.2. The Morgan fingerprint density at radius 1 is 1.03 bits per heavy atom. The Balaban J connectivity index is 0.000000438. The highest BCUT2D eigenvalue weighted by Crippen LogP contribution is 2.30. The van der Waals surface area contributed by atoms with Gasteiger partial charge in [-0.3, -0.25) is 0 Å². The lowest BCUT2D eigenvalue weighted by molar-refractivity contribution is -0.159. The molecule has 1 aliphatic heterocycles. The van der Waals surface area contributed by atoms with Gasteiger partial charge >= 0.3 is 11.9 Å². The standard InChI is InChI=1S/C20H25NO2.C2H2O4/c22-18-11-9-17-10-12-19(23-20(17)14-18)15-21-13-5-4-8-16-6-2-1-3-7-16;3-1(4)2(5)6/h1-3,6-7,9,11,14,19,21-22H,4-5,8,10,12-13,15H2;(H,3,4)(H,5,6)/t19-;/m1./s1. The van der Waals surface area contributed by atoms with E-state index in [2.05, 4.69) is 35.6 Å². The van der Waals surface area contributed by atoms with Gasteiger partial charge in [0.05, 0.1) is 0 Å². The van der Waals surface area contributed by atoms with E-state index in [-0.39, 0.29) is 11.9 Å². The van der Waals surface area contributed by atoms with Gasteiger partial charge in [-0.1, -0.05) is 36.4 Å². The lowest BCUT2D eigenvalue weighted by Gasteiger charge is -2.26. The summed E-state index contributed by atoms with van der Waals surface area (Å²) in [7, 11) is 0. The van der Waals surface area contributed by atoms with Crippen LogP contribution in [0.15, 0.2) is 48.5 Å². The first-order valence-corrected chi connectivity index (χ1v) is 9.65. The molecule has 0 spiro atoms. The number of carboxylic acid groups (broad SMARTS) is 2. The molecule has 0 unspecified atom stereocenters. The van der Waals surface area contributed by atoms with Crippen LogP contribution in [-0.2, 0) is 22.4 Å². The van der Waals surface area contributed by atoms with Crippen LogP contribution in [-0.4, -0.2) is 46.5 Å². The minimum absolute atomic E-state index is 0.207. The molecule has 0 aromatic heterocycles. The number of phenolic OH excluding ortho intramolecular Hbond substituents is 1. The molecule has 7 nitrogen and oxygen atoms in total. The summed E-state index contributed by atoms with van der Waals surface area (Å²) >= 11 is 0. The maximum absolute atomic E-state index is 9.55. The normalized spacial score (nSPS) is 14.7. The first-order chi connectivity index (χ1) is 14.0. The Labute approximate surface area is 170 Å². The average molecular weight is 401 g/mol. The summed E-state index contributed by atoms with van der Waals surface area (Å²) in [6.07, 6.45) is 5.80. The van der Waals surface area contributed by atoms with Crippen molar-refractivity contribution in [2.24, 2.45) is 0 Å². The Kier molecular flexibility index (Phi) is 8.98. The molecule has 2 aromatic carbocycles. The third-order valence-electron chi connectivity index (χ3n) is 4.55. The van der Waals surface area contributed by atoms with Gasteiger partial charge in [0.25, 0.3) is 0 Å². The van der Waals surface area contributed by atoms with Crippen molar-refractivity contribution in [3.63, 3.8) is 0 Å². The Bertz CT molecular complexity index is 781. The summed E-state index contributed by atoms with van der Waals surface area (Å²) in [6, 6.07) is 16.1. The molecule has 1 atom stereocenters. The third kappa shape index (κ3) is 8.23. The zero-order chi connectivity index (χ0) is 21.1. The monoisotopic (exact) mass is 401 g/mol. The highest BCUT2D eigenvalue weighted by atomic mass is 16.5. The largest absolute Gasteiger partial charge is 0.508 e. The molecule has 2 aromatic rings. The highest BCUT2D eigenvalue weighted by Gasteiger charge is 2.19. The van der Waals surface area contributed by atoms with Crippen molar-refractivity contribution < 1.29 is 29.6 Å². The van der Waals surface area contributed by atoms with Gasteiger partial charge < -0.3 is 25.4 Å². The number of fused-ring (bicyclic) bond motifs is 1. The fraction of sp³-hybridized carbons (Fsp3) is 0.364. The van der Waals surface area contributed by atoms with Crippen LogP contribution in [0.5, 0.6) is 11.5 Å². The maximum Gasteiger partial charge on any atom is 0.414 e. The number of carboxylic acids is 2. The van der Waals surface area contributed by atoms with Crippen molar-refractivity contribution in [2.75, 3.05) is 13.1 Å². The van der Waals surface area contributed by atoms with Crippen molar-refractivity contribution in [2.45, 2.75) is 38.2 Å². The number of phenols is 1. The van der Waals surface area contributed by atoms with E-state index in [0.717, 1.165) is 38.1 Å². The summed E-state index contributed by atoms with van der Waals surface area (Å²) in [6.45, 7) is 1.90. The molecule has 1 aliphatic rings. The van der Waals surface area contributed by atoms with Gasteiger partial charge in [-0.15, -0.1) is 0 Å². The zero-order valence-electron chi connectivity index (χ0n) is 16.2. The summed E-state index contributed by atoms with van der Waals surface area (Å²) in [5.74, 6) is -2.53. The lowest BCUT2D eigenvalue weighted by atomic mass is 10.0. The van der Waals surface area contributed by atoms with Crippen LogP contribution >= 0.6 is 0 Å². The zero-order valence-corrected chi connectivity index (χ0v) is 16.2. The number of benzene rings is 2. The Morgan fingerprint density at radius 2 is 1.76 bits per heavy atom. The summed E-state index contributed by atoms with van der Waals surface area (Å²) in [5, 5.41) is 27.8. The second-order valence-electron chi connectivity index (χ2n) is 6.83. The fourth-order valence-electron chi connectivity index (χ4n) is 3.05. The molecule has 0 aliphatic carbocycles. The van der Waals surface area contributed by atoms with E-state index in [1.807, 2.05) is 6.07 Å². The number of hydrogen-bond acceptors (Lipinski definition) is 5. The molecule has 156 valence electrons.